The fourth-order valence-corrected chi connectivity index (χ4v) is 2.26. The van der Waals surface area contributed by atoms with Gasteiger partial charge in [-0.05, 0) is 32.6 Å². The number of carbonyl (C=O) groups excluding carboxylic acids is 1. The third kappa shape index (κ3) is 7.75. The van der Waals surface area contributed by atoms with Crippen LogP contribution in [0.15, 0.2) is 12.2 Å². The van der Waals surface area contributed by atoms with Gasteiger partial charge >= 0.3 is 5.97 Å². The van der Waals surface area contributed by atoms with Crippen LogP contribution >= 0.6 is 0 Å². The molecule has 1 aliphatic rings. The average Bonchev–Trinajstić information content (AvgIpc) is 2.54. The molecule has 2 N–H and O–H groups in total. The summed E-state index contributed by atoms with van der Waals surface area (Å²) < 4.78 is 16.3. The van der Waals surface area contributed by atoms with Crippen molar-refractivity contribution < 1.29 is 29.2 Å². The summed E-state index contributed by atoms with van der Waals surface area (Å²) in [6, 6.07) is 0. The third-order valence-corrected chi connectivity index (χ3v) is 4.26. The number of aliphatic hydroxyl groups is 2. The van der Waals surface area contributed by atoms with E-state index in [2.05, 4.69) is 6.92 Å². The maximum Gasteiger partial charge on any atom is 0.330 e. The minimum absolute atomic E-state index is 0.132. The topological polar surface area (TPSA) is 85.2 Å². The zero-order valence-electron chi connectivity index (χ0n) is 15.2. The number of esters is 1. The predicted molar refractivity (Wildman–Crippen MR) is 90.3 cm³/mol. The largest absolute Gasteiger partial charge is 0.462 e. The summed E-state index contributed by atoms with van der Waals surface area (Å²) in [7, 11) is 0. The molecule has 0 aromatic rings. The highest BCUT2D eigenvalue weighted by Crippen LogP contribution is 2.22. The Bertz CT molecular complexity index is 397. The molecule has 6 nitrogen and oxygen atoms in total. The molecule has 1 fully saturated rings. The van der Waals surface area contributed by atoms with Crippen LogP contribution in [0.2, 0.25) is 0 Å². The first kappa shape index (κ1) is 21.1. The first-order chi connectivity index (χ1) is 11.3. The number of allylic oxidation sites excluding steroid dienone is 1. The Kier molecular flexibility index (Phi) is 9.51. The van der Waals surface area contributed by atoms with Gasteiger partial charge < -0.3 is 24.4 Å². The summed E-state index contributed by atoms with van der Waals surface area (Å²) in [5.74, 6) is 0.0522. The lowest BCUT2D eigenvalue weighted by Gasteiger charge is -2.36. The number of ether oxygens (including phenoxy) is 3. The second kappa shape index (κ2) is 10.8. The zero-order valence-corrected chi connectivity index (χ0v) is 15.2. The molecule has 1 aliphatic heterocycles. The van der Waals surface area contributed by atoms with Crippen molar-refractivity contribution in [2.24, 2.45) is 5.92 Å². The normalized spacial score (nSPS) is 30.2. The van der Waals surface area contributed by atoms with Gasteiger partial charge in [-0.3, -0.25) is 0 Å². The van der Waals surface area contributed by atoms with E-state index < -0.39 is 18.5 Å². The van der Waals surface area contributed by atoms with Crippen LogP contribution in [0.5, 0.6) is 0 Å². The van der Waals surface area contributed by atoms with Crippen LogP contribution in [0.1, 0.15) is 53.4 Å². The molecule has 0 bridgehead atoms. The van der Waals surface area contributed by atoms with E-state index in [0.29, 0.717) is 25.4 Å². The molecule has 0 aliphatic carbocycles. The van der Waals surface area contributed by atoms with Gasteiger partial charge in [-0.2, -0.15) is 0 Å². The van der Waals surface area contributed by atoms with Gasteiger partial charge in [-0.25, -0.2) is 4.79 Å². The third-order valence-electron chi connectivity index (χ3n) is 4.26. The SMILES string of the molecule is CCC(C)COC(=O)/C=C\CC[C@@H](C)O[C@@H]1O[C@@H](C)[C@H](O)C[C@H]1O. The van der Waals surface area contributed by atoms with Gasteiger partial charge in [-0.15, -0.1) is 0 Å². The van der Waals surface area contributed by atoms with Crippen molar-refractivity contribution in [3.8, 4) is 0 Å². The van der Waals surface area contributed by atoms with E-state index in [0.717, 1.165) is 6.42 Å². The molecule has 6 atom stereocenters. The molecule has 140 valence electrons. The number of aliphatic hydroxyl groups excluding tert-OH is 2. The first-order valence-corrected chi connectivity index (χ1v) is 8.83. The Morgan fingerprint density at radius 1 is 1.33 bits per heavy atom. The average molecular weight is 344 g/mol. The molecule has 0 amide bonds. The van der Waals surface area contributed by atoms with Gasteiger partial charge in [0.2, 0.25) is 0 Å². The Hall–Kier alpha value is -0.950. The Labute approximate surface area is 144 Å². The van der Waals surface area contributed by atoms with Crippen LogP contribution in [0, 0.1) is 5.92 Å². The van der Waals surface area contributed by atoms with Gasteiger partial charge in [0, 0.05) is 12.5 Å². The molecule has 24 heavy (non-hydrogen) atoms. The predicted octanol–water partition coefficient (Wildman–Crippen LogP) is 2.17. The fraction of sp³-hybridized carbons (Fsp3) is 0.833. The second-order valence-electron chi connectivity index (χ2n) is 6.65. The highest BCUT2D eigenvalue weighted by molar-refractivity contribution is 5.81. The van der Waals surface area contributed by atoms with Crippen LogP contribution in [0.3, 0.4) is 0 Å². The van der Waals surface area contributed by atoms with Gasteiger partial charge in [0.15, 0.2) is 6.29 Å². The molecule has 0 saturated carbocycles. The van der Waals surface area contributed by atoms with Crippen molar-refractivity contribution in [1.29, 1.82) is 0 Å². The quantitative estimate of drug-likeness (QED) is 0.492. The Balaban J connectivity index is 2.22. The van der Waals surface area contributed by atoms with Crippen molar-refractivity contribution in [3.63, 3.8) is 0 Å². The molecule has 6 heteroatoms. The molecular formula is C18H32O6. The summed E-state index contributed by atoms with van der Waals surface area (Å²) >= 11 is 0. The van der Waals surface area contributed by atoms with Crippen molar-refractivity contribution in [2.75, 3.05) is 6.61 Å². The Morgan fingerprint density at radius 2 is 2.04 bits per heavy atom. The monoisotopic (exact) mass is 344 g/mol. The number of hydrogen-bond donors (Lipinski definition) is 2. The van der Waals surface area contributed by atoms with Gasteiger partial charge in [0.1, 0.15) is 6.10 Å². The summed E-state index contributed by atoms with van der Waals surface area (Å²) in [5.41, 5.74) is 0. The van der Waals surface area contributed by atoms with Crippen molar-refractivity contribution in [3.05, 3.63) is 12.2 Å². The van der Waals surface area contributed by atoms with E-state index in [1.807, 2.05) is 13.8 Å². The molecule has 1 unspecified atom stereocenters. The lowest BCUT2D eigenvalue weighted by Crippen LogP contribution is -2.48. The summed E-state index contributed by atoms with van der Waals surface area (Å²) in [6.45, 7) is 8.19. The summed E-state index contributed by atoms with van der Waals surface area (Å²) in [4.78, 5) is 11.5. The number of hydrogen-bond acceptors (Lipinski definition) is 6. The van der Waals surface area contributed by atoms with Crippen molar-refractivity contribution in [2.45, 2.75) is 84.1 Å². The fourth-order valence-electron chi connectivity index (χ4n) is 2.26. The Morgan fingerprint density at radius 3 is 2.71 bits per heavy atom. The van der Waals surface area contributed by atoms with E-state index in [1.54, 1.807) is 13.0 Å². The van der Waals surface area contributed by atoms with Crippen molar-refractivity contribution >= 4 is 5.97 Å². The highest BCUT2D eigenvalue weighted by Gasteiger charge is 2.35. The van der Waals surface area contributed by atoms with Gasteiger partial charge in [-0.1, -0.05) is 26.3 Å². The van der Waals surface area contributed by atoms with E-state index in [1.165, 1.54) is 6.08 Å². The molecule has 1 heterocycles. The van der Waals surface area contributed by atoms with Crippen LogP contribution in [-0.4, -0.2) is 53.5 Å². The maximum absolute atomic E-state index is 11.5. The van der Waals surface area contributed by atoms with E-state index >= 15 is 0 Å². The highest BCUT2D eigenvalue weighted by atomic mass is 16.7. The lowest BCUT2D eigenvalue weighted by molar-refractivity contribution is -0.273. The molecular weight excluding hydrogens is 312 g/mol. The van der Waals surface area contributed by atoms with Crippen LogP contribution in [-0.2, 0) is 19.0 Å². The molecule has 0 aromatic carbocycles. The number of carbonyl (C=O) groups is 1. The van der Waals surface area contributed by atoms with Crippen molar-refractivity contribution in [1.82, 2.24) is 0 Å². The van der Waals surface area contributed by atoms with Gasteiger partial charge in [0.05, 0.1) is 24.9 Å². The van der Waals surface area contributed by atoms with Crippen LogP contribution in [0.25, 0.3) is 0 Å². The summed E-state index contributed by atoms with van der Waals surface area (Å²) in [5, 5.41) is 19.5. The molecule has 0 spiro atoms. The zero-order chi connectivity index (χ0) is 18.1. The summed E-state index contributed by atoms with van der Waals surface area (Å²) in [6.07, 6.45) is 3.10. The molecule has 0 aromatic heterocycles. The maximum atomic E-state index is 11.5. The first-order valence-electron chi connectivity index (χ1n) is 8.83. The van der Waals surface area contributed by atoms with E-state index in [4.69, 9.17) is 14.2 Å². The van der Waals surface area contributed by atoms with Gasteiger partial charge in [0.25, 0.3) is 0 Å². The minimum Gasteiger partial charge on any atom is -0.462 e. The standard InChI is InChI=1S/C18H32O6/c1-5-12(2)11-22-17(21)9-7-6-8-13(3)23-18-16(20)10-15(19)14(4)24-18/h7,9,12-16,18-20H,5-6,8,10-11H2,1-4H3/b9-7-/t12?,13-,14+,15-,16-,18-/m1/s1. The lowest BCUT2D eigenvalue weighted by atomic mass is 10.0. The smallest absolute Gasteiger partial charge is 0.330 e. The number of rotatable bonds is 9. The van der Waals surface area contributed by atoms with Crippen LogP contribution in [0.4, 0.5) is 0 Å². The molecule has 1 rings (SSSR count). The molecule has 1 saturated heterocycles. The molecule has 0 radical (unpaired) electrons. The minimum atomic E-state index is -0.829. The van der Waals surface area contributed by atoms with E-state index in [9.17, 15) is 15.0 Å². The van der Waals surface area contributed by atoms with Crippen LogP contribution < -0.4 is 0 Å². The van der Waals surface area contributed by atoms with E-state index in [-0.39, 0.29) is 24.6 Å². The second-order valence-corrected chi connectivity index (χ2v) is 6.65.